The van der Waals surface area contributed by atoms with Crippen LogP contribution in [0.25, 0.3) is 0 Å². The van der Waals surface area contributed by atoms with Gasteiger partial charge in [0.05, 0.1) is 0 Å². The van der Waals surface area contributed by atoms with Crippen LogP contribution in [0.3, 0.4) is 0 Å². The van der Waals surface area contributed by atoms with E-state index in [0.717, 1.165) is 5.56 Å². The van der Waals surface area contributed by atoms with Crippen molar-refractivity contribution in [3.8, 4) is 0 Å². The van der Waals surface area contributed by atoms with Gasteiger partial charge >= 0.3 is 9.28 Å². The van der Waals surface area contributed by atoms with Crippen LogP contribution in [0.1, 0.15) is 5.56 Å². The van der Waals surface area contributed by atoms with E-state index < -0.39 is 9.28 Å². The van der Waals surface area contributed by atoms with E-state index in [9.17, 15) is 0 Å². The molecule has 0 aliphatic heterocycles. The molecule has 1 aromatic rings. The molecular formula is C7H11NO2Si. The van der Waals surface area contributed by atoms with Gasteiger partial charge in [0.25, 0.3) is 0 Å². The van der Waals surface area contributed by atoms with Crippen LogP contribution in [0.4, 0.5) is 0 Å². The lowest BCUT2D eigenvalue weighted by Gasteiger charge is -2.01. The maximum Gasteiger partial charge on any atom is 0.350 e. The van der Waals surface area contributed by atoms with Crippen molar-refractivity contribution in [1.82, 2.24) is 0 Å². The molecule has 3 nitrogen and oxygen atoms in total. The molecule has 0 heterocycles. The van der Waals surface area contributed by atoms with E-state index in [1.165, 1.54) is 0 Å². The van der Waals surface area contributed by atoms with Crippen molar-refractivity contribution >= 4 is 14.5 Å². The Balaban J connectivity index is 2.83. The predicted molar refractivity (Wildman–Crippen MR) is 45.6 cm³/mol. The second-order valence-corrected chi connectivity index (χ2v) is 3.73. The second-order valence-electron chi connectivity index (χ2n) is 2.32. The molecule has 11 heavy (non-hydrogen) atoms. The highest BCUT2D eigenvalue weighted by atomic mass is 28.3. The highest BCUT2D eigenvalue weighted by Gasteiger charge is 2.04. The molecule has 0 radical (unpaired) electrons. The van der Waals surface area contributed by atoms with Gasteiger partial charge in [-0.1, -0.05) is 24.3 Å². The Hall–Kier alpha value is -0.683. The first kappa shape index (κ1) is 8.41. The Morgan fingerprint density at radius 3 is 2.09 bits per heavy atom. The largest absolute Gasteiger partial charge is 0.410 e. The number of rotatable bonds is 2. The molecular weight excluding hydrogens is 158 g/mol. The van der Waals surface area contributed by atoms with Gasteiger partial charge in [0.1, 0.15) is 0 Å². The van der Waals surface area contributed by atoms with Crippen LogP contribution in [-0.2, 0) is 6.54 Å². The quantitative estimate of drug-likeness (QED) is 0.475. The van der Waals surface area contributed by atoms with E-state index >= 15 is 0 Å². The number of hydrogen-bond donors (Lipinski definition) is 3. The molecule has 0 fully saturated rings. The third kappa shape index (κ3) is 2.13. The monoisotopic (exact) mass is 169 g/mol. The fourth-order valence-corrected chi connectivity index (χ4v) is 1.36. The molecule has 4 N–H and O–H groups in total. The average Bonchev–Trinajstić information content (AvgIpc) is 2.05. The van der Waals surface area contributed by atoms with Gasteiger partial charge < -0.3 is 15.3 Å². The molecule has 0 bridgehead atoms. The first-order valence-electron chi connectivity index (χ1n) is 3.39. The fourth-order valence-electron chi connectivity index (χ4n) is 0.826. The van der Waals surface area contributed by atoms with Gasteiger partial charge in [-0.25, -0.2) is 0 Å². The smallest absolute Gasteiger partial charge is 0.350 e. The lowest BCUT2D eigenvalue weighted by Crippen LogP contribution is -2.29. The van der Waals surface area contributed by atoms with Crippen molar-refractivity contribution in [2.24, 2.45) is 5.73 Å². The second kappa shape index (κ2) is 3.63. The van der Waals surface area contributed by atoms with E-state index in [1.807, 2.05) is 12.1 Å². The standard InChI is InChI=1S/C7H11NO2Si/c8-5-6-1-3-7(4-2-6)11(9)10/h1-4,9-11H,5,8H2. The van der Waals surface area contributed by atoms with Gasteiger partial charge in [0.2, 0.25) is 0 Å². The van der Waals surface area contributed by atoms with Gasteiger partial charge in [-0.2, -0.15) is 0 Å². The summed E-state index contributed by atoms with van der Waals surface area (Å²) in [6.45, 7) is 0.489. The highest BCUT2D eigenvalue weighted by molar-refractivity contribution is 6.58. The van der Waals surface area contributed by atoms with Gasteiger partial charge in [-0.3, -0.25) is 0 Å². The molecule has 4 heteroatoms. The summed E-state index contributed by atoms with van der Waals surface area (Å²) < 4.78 is 0. The zero-order valence-corrected chi connectivity index (χ0v) is 7.22. The molecule has 60 valence electrons. The van der Waals surface area contributed by atoms with Crippen LogP contribution in [0, 0.1) is 0 Å². The minimum Gasteiger partial charge on any atom is -0.410 e. The Morgan fingerprint density at radius 2 is 1.73 bits per heavy atom. The fraction of sp³-hybridized carbons (Fsp3) is 0.143. The molecule has 0 saturated heterocycles. The first-order valence-corrected chi connectivity index (χ1v) is 5.00. The summed E-state index contributed by atoms with van der Waals surface area (Å²) >= 11 is 0. The molecule has 1 aromatic carbocycles. The van der Waals surface area contributed by atoms with Crippen molar-refractivity contribution in [3.05, 3.63) is 29.8 Å². The Labute approximate surface area is 66.9 Å². The van der Waals surface area contributed by atoms with Crippen LogP contribution >= 0.6 is 0 Å². The molecule has 1 rings (SSSR count). The minimum atomic E-state index is -2.60. The van der Waals surface area contributed by atoms with Crippen LogP contribution in [0.15, 0.2) is 24.3 Å². The first-order chi connectivity index (χ1) is 5.24. The van der Waals surface area contributed by atoms with E-state index in [2.05, 4.69) is 0 Å². The molecule has 0 aliphatic rings. The van der Waals surface area contributed by atoms with Crippen molar-refractivity contribution in [3.63, 3.8) is 0 Å². The summed E-state index contributed by atoms with van der Waals surface area (Å²) in [5.74, 6) is 0. The Bertz CT molecular complexity index is 222. The minimum absolute atomic E-state index is 0.489. The van der Waals surface area contributed by atoms with E-state index in [-0.39, 0.29) is 0 Å². The van der Waals surface area contributed by atoms with Gasteiger partial charge in [-0.05, 0) is 10.8 Å². The van der Waals surface area contributed by atoms with Gasteiger partial charge in [-0.15, -0.1) is 0 Å². The Morgan fingerprint density at radius 1 is 1.18 bits per heavy atom. The third-order valence-corrected chi connectivity index (χ3v) is 2.49. The zero-order valence-electron chi connectivity index (χ0n) is 6.07. The van der Waals surface area contributed by atoms with Crippen LogP contribution in [-0.4, -0.2) is 18.9 Å². The van der Waals surface area contributed by atoms with Crippen molar-refractivity contribution in [1.29, 1.82) is 0 Å². The van der Waals surface area contributed by atoms with Crippen molar-refractivity contribution in [2.45, 2.75) is 6.54 Å². The van der Waals surface area contributed by atoms with Crippen LogP contribution < -0.4 is 10.9 Å². The lowest BCUT2D eigenvalue weighted by atomic mass is 10.2. The number of hydrogen-bond acceptors (Lipinski definition) is 3. The molecule has 0 saturated carbocycles. The van der Waals surface area contributed by atoms with Crippen LogP contribution in [0.2, 0.25) is 0 Å². The molecule has 0 spiro atoms. The summed E-state index contributed by atoms with van der Waals surface area (Å²) in [6, 6.07) is 7.03. The van der Waals surface area contributed by atoms with E-state index in [4.69, 9.17) is 15.3 Å². The normalized spacial score (nSPS) is 10.5. The van der Waals surface area contributed by atoms with Crippen molar-refractivity contribution < 1.29 is 9.59 Å². The summed E-state index contributed by atoms with van der Waals surface area (Å²) in [5.41, 5.74) is 6.37. The maximum atomic E-state index is 8.85. The predicted octanol–water partition coefficient (Wildman–Crippen LogP) is -1.44. The van der Waals surface area contributed by atoms with Gasteiger partial charge in [0, 0.05) is 6.54 Å². The van der Waals surface area contributed by atoms with Crippen LogP contribution in [0.5, 0.6) is 0 Å². The molecule has 0 amide bonds. The average molecular weight is 169 g/mol. The number of nitrogens with two attached hydrogens (primary N) is 1. The van der Waals surface area contributed by atoms with Crippen molar-refractivity contribution in [2.75, 3.05) is 0 Å². The number of benzene rings is 1. The molecule has 0 aliphatic carbocycles. The summed E-state index contributed by atoms with van der Waals surface area (Å²) in [6.07, 6.45) is 0. The van der Waals surface area contributed by atoms with E-state index in [0.29, 0.717) is 11.7 Å². The molecule has 0 aromatic heterocycles. The third-order valence-electron chi connectivity index (χ3n) is 1.51. The molecule has 0 unspecified atom stereocenters. The lowest BCUT2D eigenvalue weighted by molar-refractivity contribution is 0.426. The summed E-state index contributed by atoms with van der Waals surface area (Å²) in [4.78, 5) is 17.7. The summed E-state index contributed by atoms with van der Waals surface area (Å²) in [5, 5.41) is 0.627. The SMILES string of the molecule is NCc1ccc([SiH](O)O)cc1. The molecule has 0 atom stereocenters. The summed E-state index contributed by atoms with van der Waals surface area (Å²) in [7, 11) is -2.60. The topological polar surface area (TPSA) is 66.5 Å². The zero-order chi connectivity index (χ0) is 8.27. The van der Waals surface area contributed by atoms with E-state index in [1.54, 1.807) is 12.1 Å². The Kier molecular flexibility index (Phi) is 2.78. The maximum absolute atomic E-state index is 8.85. The highest BCUT2D eigenvalue weighted by Crippen LogP contribution is 1.94. The van der Waals surface area contributed by atoms with Gasteiger partial charge in [0.15, 0.2) is 0 Å².